The van der Waals surface area contributed by atoms with Crippen LogP contribution in [0.1, 0.15) is 30.9 Å². The number of amides is 1. The van der Waals surface area contributed by atoms with Gasteiger partial charge >= 0.3 is 0 Å². The maximum atomic E-state index is 12.5. The molecule has 0 aliphatic carbocycles. The van der Waals surface area contributed by atoms with Gasteiger partial charge in [0.25, 0.3) is 0 Å². The van der Waals surface area contributed by atoms with E-state index in [2.05, 4.69) is 15.5 Å². The Balaban J connectivity index is 1.82. The highest BCUT2D eigenvalue weighted by atomic mass is 32.2. The molecule has 0 spiro atoms. The molecule has 2 aromatic rings. The SMILES string of the molecule is Cc1cccc(C)c1-n1nnnc1S[C@H](C)C(=O)N1CCCC1. The molecule has 3 rings (SSSR count). The summed E-state index contributed by atoms with van der Waals surface area (Å²) in [6, 6.07) is 6.10. The molecule has 7 heteroatoms. The molecule has 2 heterocycles. The van der Waals surface area contributed by atoms with Crippen LogP contribution >= 0.6 is 11.8 Å². The molecular weight excluding hydrogens is 310 g/mol. The lowest BCUT2D eigenvalue weighted by Crippen LogP contribution is -2.34. The van der Waals surface area contributed by atoms with Crippen molar-refractivity contribution in [2.24, 2.45) is 0 Å². The Kier molecular flexibility index (Phi) is 4.66. The van der Waals surface area contributed by atoms with Gasteiger partial charge in [0.1, 0.15) is 0 Å². The number of aryl methyl sites for hydroxylation is 2. The van der Waals surface area contributed by atoms with Crippen molar-refractivity contribution >= 4 is 17.7 Å². The Morgan fingerprint density at radius 2 is 1.87 bits per heavy atom. The number of carbonyl (C=O) groups is 1. The number of hydrogen-bond donors (Lipinski definition) is 0. The number of benzene rings is 1. The van der Waals surface area contributed by atoms with E-state index >= 15 is 0 Å². The molecule has 0 unspecified atom stereocenters. The van der Waals surface area contributed by atoms with Gasteiger partial charge in [-0.3, -0.25) is 4.79 Å². The van der Waals surface area contributed by atoms with Crippen molar-refractivity contribution in [3.63, 3.8) is 0 Å². The predicted octanol–water partition coefficient (Wildman–Crippen LogP) is 2.38. The average Bonchev–Trinajstić information content (AvgIpc) is 3.18. The highest BCUT2D eigenvalue weighted by Crippen LogP contribution is 2.27. The summed E-state index contributed by atoms with van der Waals surface area (Å²) in [4.78, 5) is 14.4. The van der Waals surface area contributed by atoms with Crippen LogP contribution in [0.15, 0.2) is 23.4 Å². The molecule has 1 aromatic heterocycles. The second-order valence-corrected chi connectivity index (χ2v) is 7.21. The van der Waals surface area contributed by atoms with Crippen LogP contribution in [0.2, 0.25) is 0 Å². The third kappa shape index (κ3) is 3.24. The molecule has 1 aliphatic heterocycles. The van der Waals surface area contributed by atoms with E-state index in [4.69, 9.17) is 0 Å². The van der Waals surface area contributed by atoms with Gasteiger partial charge in [0.15, 0.2) is 0 Å². The van der Waals surface area contributed by atoms with Crippen molar-refractivity contribution in [3.8, 4) is 5.69 Å². The number of hydrogen-bond acceptors (Lipinski definition) is 5. The monoisotopic (exact) mass is 331 g/mol. The second-order valence-electron chi connectivity index (χ2n) is 5.91. The van der Waals surface area contributed by atoms with E-state index in [1.807, 2.05) is 43.9 Å². The molecule has 1 atom stereocenters. The lowest BCUT2D eigenvalue weighted by molar-refractivity contribution is -0.129. The first-order valence-corrected chi connectivity index (χ1v) is 8.76. The van der Waals surface area contributed by atoms with Crippen molar-refractivity contribution in [2.45, 2.75) is 44.0 Å². The number of tetrazole rings is 1. The molecular formula is C16H21N5OS. The fraction of sp³-hybridized carbons (Fsp3) is 0.500. The standard InChI is InChI=1S/C16H21N5OS/c1-11-7-6-8-12(2)14(11)21-16(17-18-19-21)23-13(3)15(22)20-9-4-5-10-20/h6-8,13H,4-5,9-10H2,1-3H3/t13-/m1/s1. The van der Waals surface area contributed by atoms with Crippen molar-refractivity contribution < 1.29 is 4.79 Å². The molecule has 6 nitrogen and oxygen atoms in total. The van der Waals surface area contributed by atoms with E-state index in [9.17, 15) is 4.79 Å². The lowest BCUT2D eigenvalue weighted by Gasteiger charge is -2.19. The van der Waals surface area contributed by atoms with Crippen molar-refractivity contribution in [2.75, 3.05) is 13.1 Å². The highest BCUT2D eigenvalue weighted by Gasteiger charge is 2.26. The number of rotatable bonds is 4. The van der Waals surface area contributed by atoms with Gasteiger partial charge in [0.2, 0.25) is 11.1 Å². The number of nitrogens with zero attached hydrogens (tertiary/aromatic N) is 5. The minimum Gasteiger partial charge on any atom is -0.342 e. The Morgan fingerprint density at radius 3 is 2.52 bits per heavy atom. The summed E-state index contributed by atoms with van der Waals surface area (Å²) >= 11 is 1.42. The Morgan fingerprint density at radius 1 is 1.22 bits per heavy atom. The minimum atomic E-state index is -0.192. The van der Waals surface area contributed by atoms with Gasteiger partial charge in [-0.25, -0.2) is 0 Å². The Hall–Kier alpha value is -1.89. The topological polar surface area (TPSA) is 63.9 Å². The molecule has 1 aliphatic rings. The van der Waals surface area contributed by atoms with Crippen LogP contribution in [0.5, 0.6) is 0 Å². The summed E-state index contributed by atoms with van der Waals surface area (Å²) in [6.07, 6.45) is 2.20. The number of thioether (sulfide) groups is 1. The van der Waals surface area contributed by atoms with Gasteiger partial charge in [-0.15, -0.1) is 5.10 Å². The fourth-order valence-corrected chi connectivity index (χ4v) is 3.81. The molecule has 122 valence electrons. The van der Waals surface area contributed by atoms with Gasteiger partial charge in [0, 0.05) is 13.1 Å². The second kappa shape index (κ2) is 6.70. The van der Waals surface area contributed by atoms with Crippen LogP contribution in [0, 0.1) is 13.8 Å². The Labute approximate surface area is 140 Å². The molecule has 0 bridgehead atoms. The quantitative estimate of drug-likeness (QED) is 0.805. The maximum absolute atomic E-state index is 12.5. The predicted molar refractivity (Wildman–Crippen MR) is 89.8 cm³/mol. The number of para-hydroxylation sites is 1. The normalized spacial score (nSPS) is 15.9. The fourth-order valence-electron chi connectivity index (χ4n) is 2.94. The van der Waals surface area contributed by atoms with Crippen molar-refractivity contribution in [3.05, 3.63) is 29.3 Å². The van der Waals surface area contributed by atoms with Gasteiger partial charge < -0.3 is 4.90 Å². The smallest absolute Gasteiger partial charge is 0.235 e. The largest absolute Gasteiger partial charge is 0.342 e. The van der Waals surface area contributed by atoms with E-state index in [0.29, 0.717) is 5.16 Å². The summed E-state index contributed by atoms with van der Waals surface area (Å²) in [5.41, 5.74) is 3.20. The highest BCUT2D eigenvalue weighted by molar-refractivity contribution is 8.00. The van der Waals surface area contributed by atoms with E-state index in [1.165, 1.54) is 11.8 Å². The molecule has 1 amide bonds. The third-order valence-electron chi connectivity index (χ3n) is 4.14. The summed E-state index contributed by atoms with van der Waals surface area (Å²) in [5, 5.41) is 12.5. The van der Waals surface area contributed by atoms with E-state index in [0.717, 1.165) is 42.7 Å². The van der Waals surface area contributed by atoms with Crippen LogP contribution in [0.3, 0.4) is 0 Å². The zero-order chi connectivity index (χ0) is 16.4. The third-order valence-corrected chi connectivity index (χ3v) is 5.16. The minimum absolute atomic E-state index is 0.170. The first kappa shape index (κ1) is 16.0. The van der Waals surface area contributed by atoms with Crippen LogP contribution in [0.25, 0.3) is 5.69 Å². The van der Waals surface area contributed by atoms with E-state index in [1.54, 1.807) is 4.68 Å². The first-order valence-electron chi connectivity index (χ1n) is 7.88. The number of aromatic nitrogens is 4. The summed E-state index contributed by atoms with van der Waals surface area (Å²) in [6.45, 7) is 7.74. The summed E-state index contributed by atoms with van der Waals surface area (Å²) in [7, 11) is 0. The summed E-state index contributed by atoms with van der Waals surface area (Å²) < 4.78 is 1.74. The molecule has 1 aromatic carbocycles. The molecule has 23 heavy (non-hydrogen) atoms. The molecule has 0 N–H and O–H groups in total. The molecule has 1 fully saturated rings. The van der Waals surface area contributed by atoms with Gasteiger partial charge in [0.05, 0.1) is 10.9 Å². The Bertz CT molecular complexity index is 688. The van der Waals surface area contributed by atoms with E-state index in [-0.39, 0.29) is 11.2 Å². The number of likely N-dealkylation sites (tertiary alicyclic amines) is 1. The first-order chi connectivity index (χ1) is 11.1. The van der Waals surface area contributed by atoms with Crippen LogP contribution in [-0.4, -0.2) is 49.4 Å². The van der Waals surface area contributed by atoms with Gasteiger partial charge in [-0.1, -0.05) is 30.0 Å². The van der Waals surface area contributed by atoms with E-state index < -0.39 is 0 Å². The van der Waals surface area contributed by atoms with Crippen molar-refractivity contribution in [1.29, 1.82) is 0 Å². The van der Waals surface area contributed by atoms with Gasteiger partial charge in [-0.05, 0) is 55.2 Å². The maximum Gasteiger partial charge on any atom is 0.235 e. The van der Waals surface area contributed by atoms with Crippen LogP contribution in [-0.2, 0) is 4.79 Å². The zero-order valence-electron chi connectivity index (χ0n) is 13.7. The average molecular weight is 331 g/mol. The van der Waals surface area contributed by atoms with Crippen LogP contribution < -0.4 is 0 Å². The molecule has 1 saturated heterocycles. The summed E-state index contributed by atoms with van der Waals surface area (Å²) in [5.74, 6) is 0.170. The molecule has 0 radical (unpaired) electrons. The molecule has 0 saturated carbocycles. The lowest BCUT2D eigenvalue weighted by atomic mass is 10.1. The number of carbonyl (C=O) groups excluding carboxylic acids is 1. The van der Waals surface area contributed by atoms with Crippen molar-refractivity contribution in [1.82, 2.24) is 25.1 Å². The zero-order valence-corrected chi connectivity index (χ0v) is 14.5. The van der Waals surface area contributed by atoms with Gasteiger partial charge in [-0.2, -0.15) is 4.68 Å². The van der Waals surface area contributed by atoms with Crippen LogP contribution in [0.4, 0.5) is 0 Å².